The van der Waals surface area contributed by atoms with Crippen LogP contribution in [-0.2, 0) is 6.42 Å². The van der Waals surface area contributed by atoms with Crippen LogP contribution in [0.15, 0.2) is 36.7 Å². The van der Waals surface area contributed by atoms with Gasteiger partial charge in [-0.2, -0.15) is 0 Å². The molecule has 0 radical (unpaired) electrons. The highest BCUT2D eigenvalue weighted by Gasteiger charge is 2.01. The van der Waals surface area contributed by atoms with Crippen LogP contribution in [0, 0.1) is 0 Å². The second-order valence-electron chi connectivity index (χ2n) is 3.06. The smallest absolute Gasteiger partial charge is 0.136 e. The molecule has 2 aromatic heterocycles. The second-order valence-corrected chi connectivity index (χ2v) is 3.49. The maximum atomic E-state index is 5.77. The summed E-state index contributed by atoms with van der Waals surface area (Å²) in [5.74, 6) is 0.913. The zero-order valence-corrected chi connectivity index (χ0v) is 8.70. The molecule has 0 saturated heterocycles. The molecule has 2 rings (SSSR count). The van der Waals surface area contributed by atoms with Crippen LogP contribution in [0.25, 0.3) is 5.82 Å². The monoisotopic (exact) mass is 206 g/mol. The third-order valence-electron chi connectivity index (χ3n) is 2.15. The Hall–Kier alpha value is -1.28. The third kappa shape index (κ3) is 1.66. The van der Waals surface area contributed by atoms with Gasteiger partial charge in [0.05, 0.1) is 5.02 Å². The molecular weight excluding hydrogens is 196 g/mol. The van der Waals surface area contributed by atoms with E-state index in [0.717, 1.165) is 12.2 Å². The Balaban J connectivity index is 2.44. The fourth-order valence-corrected chi connectivity index (χ4v) is 1.55. The van der Waals surface area contributed by atoms with Crippen molar-refractivity contribution in [1.82, 2.24) is 9.55 Å². The zero-order valence-electron chi connectivity index (χ0n) is 7.94. The predicted octanol–water partition coefficient (Wildman–Crippen LogP) is 3.09. The largest absolute Gasteiger partial charge is 0.306 e. The number of aromatic nitrogens is 2. The SMILES string of the molecule is CCc1cccn1-c1ccc(Cl)cn1. The highest BCUT2D eigenvalue weighted by Crippen LogP contribution is 2.13. The maximum Gasteiger partial charge on any atom is 0.136 e. The summed E-state index contributed by atoms with van der Waals surface area (Å²) >= 11 is 5.77. The Labute approximate surface area is 88.2 Å². The zero-order chi connectivity index (χ0) is 9.97. The van der Waals surface area contributed by atoms with Crippen LogP contribution in [0.5, 0.6) is 0 Å². The van der Waals surface area contributed by atoms with E-state index in [4.69, 9.17) is 11.6 Å². The molecule has 0 amide bonds. The molecule has 3 heteroatoms. The Kier molecular flexibility index (Phi) is 2.55. The summed E-state index contributed by atoms with van der Waals surface area (Å²) in [5.41, 5.74) is 1.25. The van der Waals surface area contributed by atoms with E-state index < -0.39 is 0 Å². The van der Waals surface area contributed by atoms with Gasteiger partial charge in [0.1, 0.15) is 5.82 Å². The first kappa shape index (κ1) is 9.28. The summed E-state index contributed by atoms with van der Waals surface area (Å²) in [7, 11) is 0. The van der Waals surface area contributed by atoms with Gasteiger partial charge in [0.15, 0.2) is 0 Å². The topological polar surface area (TPSA) is 17.8 Å². The number of pyridine rings is 1. The van der Waals surface area contributed by atoms with Gasteiger partial charge in [-0.05, 0) is 30.7 Å². The van der Waals surface area contributed by atoms with Crippen LogP contribution in [-0.4, -0.2) is 9.55 Å². The summed E-state index contributed by atoms with van der Waals surface area (Å²) in [5, 5.41) is 0.666. The number of rotatable bonds is 2. The molecule has 0 N–H and O–H groups in total. The molecule has 0 saturated carbocycles. The quantitative estimate of drug-likeness (QED) is 0.739. The molecule has 2 heterocycles. The lowest BCUT2D eigenvalue weighted by molar-refractivity contribution is 0.905. The summed E-state index contributed by atoms with van der Waals surface area (Å²) in [6.45, 7) is 2.13. The van der Waals surface area contributed by atoms with Crippen LogP contribution in [0.1, 0.15) is 12.6 Å². The third-order valence-corrected chi connectivity index (χ3v) is 2.38. The maximum absolute atomic E-state index is 5.77. The number of aryl methyl sites for hydroxylation is 1. The lowest BCUT2D eigenvalue weighted by Gasteiger charge is -2.05. The van der Waals surface area contributed by atoms with Crippen LogP contribution >= 0.6 is 11.6 Å². The van der Waals surface area contributed by atoms with Gasteiger partial charge < -0.3 is 4.57 Å². The van der Waals surface area contributed by atoms with Crippen LogP contribution < -0.4 is 0 Å². The van der Waals surface area contributed by atoms with E-state index in [9.17, 15) is 0 Å². The minimum atomic E-state index is 0.666. The molecule has 2 nitrogen and oxygen atoms in total. The first-order chi connectivity index (χ1) is 6.81. The van der Waals surface area contributed by atoms with E-state index in [0.29, 0.717) is 5.02 Å². The molecule has 0 bridgehead atoms. The van der Waals surface area contributed by atoms with Gasteiger partial charge in [-0.3, -0.25) is 0 Å². The molecule has 0 spiro atoms. The lowest BCUT2D eigenvalue weighted by atomic mass is 10.3. The van der Waals surface area contributed by atoms with Gasteiger partial charge >= 0.3 is 0 Å². The molecule has 0 atom stereocenters. The highest BCUT2D eigenvalue weighted by molar-refractivity contribution is 6.30. The predicted molar refractivity (Wildman–Crippen MR) is 58.0 cm³/mol. The van der Waals surface area contributed by atoms with Gasteiger partial charge in [0.25, 0.3) is 0 Å². The van der Waals surface area contributed by atoms with Gasteiger partial charge in [-0.25, -0.2) is 4.98 Å². The van der Waals surface area contributed by atoms with E-state index in [1.54, 1.807) is 6.20 Å². The molecule has 0 aliphatic heterocycles. The van der Waals surface area contributed by atoms with Crippen molar-refractivity contribution in [3.05, 3.63) is 47.4 Å². The Morgan fingerprint density at radius 1 is 1.36 bits per heavy atom. The minimum absolute atomic E-state index is 0.666. The Morgan fingerprint density at radius 2 is 2.21 bits per heavy atom. The van der Waals surface area contributed by atoms with E-state index in [-0.39, 0.29) is 0 Å². The standard InChI is InChI=1S/C11H11ClN2/c1-2-10-4-3-7-14(10)11-6-5-9(12)8-13-11/h3-8H,2H2,1H3. The van der Waals surface area contributed by atoms with Gasteiger partial charge in [-0.1, -0.05) is 18.5 Å². The fourth-order valence-electron chi connectivity index (χ4n) is 1.44. The summed E-state index contributed by atoms with van der Waals surface area (Å²) < 4.78 is 2.07. The van der Waals surface area contributed by atoms with Crippen LogP contribution in [0.4, 0.5) is 0 Å². The molecule has 14 heavy (non-hydrogen) atoms. The molecular formula is C11H11ClN2. The number of halogens is 1. The van der Waals surface area contributed by atoms with Crippen molar-refractivity contribution in [2.24, 2.45) is 0 Å². The van der Waals surface area contributed by atoms with Crippen molar-refractivity contribution in [3.8, 4) is 5.82 Å². The average Bonchev–Trinajstić information content (AvgIpc) is 2.67. The molecule has 0 aliphatic carbocycles. The molecule has 0 fully saturated rings. The van der Waals surface area contributed by atoms with E-state index in [1.165, 1.54) is 5.69 Å². The summed E-state index contributed by atoms with van der Waals surface area (Å²) in [4.78, 5) is 4.26. The fraction of sp³-hybridized carbons (Fsp3) is 0.182. The number of hydrogen-bond acceptors (Lipinski definition) is 1. The summed E-state index contributed by atoms with van der Waals surface area (Å²) in [6.07, 6.45) is 4.67. The van der Waals surface area contributed by atoms with Crippen molar-refractivity contribution in [2.75, 3.05) is 0 Å². The summed E-state index contributed by atoms with van der Waals surface area (Å²) in [6, 6.07) is 7.89. The van der Waals surface area contributed by atoms with Crippen molar-refractivity contribution in [3.63, 3.8) is 0 Å². The van der Waals surface area contributed by atoms with Crippen molar-refractivity contribution < 1.29 is 0 Å². The first-order valence-corrected chi connectivity index (χ1v) is 4.97. The normalized spacial score (nSPS) is 10.4. The van der Waals surface area contributed by atoms with E-state index >= 15 is 0 Å². The highest BCUT2D eigenvalue weighted by atomic mass is 35.5. The van der Waals surface area contributed by atoms with Crippen molar-refractivity contribution in [1.29, 1.82) is 0 Å². The van der Waals surface area contributed by atoms with E-state index in [2.05, 4.69) is 22.5 Å². The Morgan fingerprint density at radius 3 is 2.86 bits per heavy atom. The molecule has 0 aliphatic rings. The number of nitrogens with zero attached hydrogens (tertiary/aromatic N) is 2. The van der Waals surface area contributed by atoms with E-state index in [1.807, 2.05) is 24.4 Å². The minimum Gasteiger partial charge on any atom is -0.306 e. The first-order valence-electron chi connectivity index (χ1n) is 4.59. The van der Waals surface area contributed by atoms with Crippen molar-refractivity contribution in [2.45, 2.75) is 13.3 Å². The second kappa shape index (κ2) is 3.84. The molecule has 0 aromatic carbocycles. The number of hydrogen-bond donors (Lipinski definition) is 0. The van der Waals surface area contributed by atoms with Crippen LogP contribution in [0.3, 0.4) is 0 Å². The molecule has 2 aromatic rings. The van der Waals surface area contributed by atoms with Crippen molar-refractivity contribution >= 4 is 11.6 Å². The van der Waals surface area contributed by atoms with Gasteiger partial charge in [0.2, 0.25) is 0 Å². The van der Waals surface area contributed by atoms with Crippen LogP contribution in [0.2, 0.25) is 5.02 Å². The van der Waals surface area contributed by atoms with Gasteiger partial charge in [0, 0.05) is 18.1 Å². The lowest BCUT2D eigenvalue weighted by Crippen LogP contribution is -1.99. The average molecular weight is 207 g/mol. The van der Waals surface area contributed by atoms with Gasteiger partial charge in [-0.15, -0.1) is 0 Å². The Bertz CT molecular complexity index is 417. The molecule has 0 unspecified atom stereocenters. The molecule has 72 valence electrons.